The van der Waals surface area contributed by atoms with Gasteiger partial charge in [0, 0.05) is 24.8 Å². The van der Waals surface area contributed by atoms with E-state index in [1.165, 1.54) is 0 Å². The highest BCUT2D eigenvalue weighted by atomic mass is 16.5. The molecule has 0 radical (unpaired) electrons. The number of amides is 1. The summed E-state index contributed by atoms with van der Waals surface area (Å²) in [4.78, 5) is 11.9. The molecule has 5 heteroatoms. The summed E-state index contributed by atoms with van der Waals surface area (Å²) in [5.41, 5.74) is 1.75. The number of hydrogen-bond donors (Lipinski definition) is 2. The molecule has 0 bridgehead atoms. The Morgan fingerprint density at radius 2 is 2.19 bits per heavy atom. The van der Waals surface area contributed by atoms with Crippen molar-refractivity contribution < 1.29 is 19.4 Å². The molecule has 5 nitrogen and oxygen atoms in total. The van der Waals surface area contributed by atoms with E-state index >= 15 is 0 Å². The van der Waals surface area contributed by atoms with Crippen molar-refractivity contribution in [2.75, 3.05) is 19.8 Å². The number of nitrogens with one attached hydrogen (secondary N) is 1. The number of ether oxygens (including phenoxy) is 2. The van der Waals surface area contributed by atoms with E-state index in [2.05, 4.69) is 5.32 Å². The molecule has 21 heavy (non-hydrogen) atoms. The van der Waals surface area contributed by atoms with Crippen LogP contribution in [-0.2, 0) is 9.53 Å². The summed E-state index contributed by atoms with van der Waals surface area (Å²) in [6.45, 7) is 4.98. The molecule has 1 atom stereocenters. The average molecular weight is 293 g/mol. The van der Waals surface area contributed by atoms with Crippen molar-refractivity contribution in [2.24, 2.45) is 0 Å². The topological polar surface area (TPSA) is 67.8 Å². The van der Waals surface area contributed by atoms with Crippen molar-refractivity contribution in [1.82, 2.24) is 5.32 Å². The second-order valence-corrected chi connectivity index (χ2v) is 5.46. The summed E-state index contributed by atoms with van der Waals surface area (Å²) >= 11 is 0. The van der Waals surface area contributed by atoms with E-state index in [0.717, 1.165) is 18.4 Å². The van der Waals surface area contributed by atoms with Crippen LogP contribution in [0.25, 0.3) is 0 Å². The van der Waals surface area contributed by atoms with Gasteiger partial charge in [-0.2, -0.15) is 0 Å². The number of aryl methyl sites for hydroxylation is 1. The molecule has 2 rings (SSSR count). The van der Waals surface area contributed by atoms with Gasteiger partial charge in [0.1, 0.15) is 5.75 Å². The Labute approximate surface area is 125 Å². The van der Waals surface area contributed by atoms with E-state index in [0.29, 0.717) is 24.5 Å². The summed E-state index contributed by atoms with van der Waals surface area (Å²) in [5, 5.41) is 12.7. The third kappa shape index (κ3) is 4.72. The molecule has 1 saturated heterocycles. The second kappa shape index (κ2) is 7.43. The molecule has 0 aromatic heterocycles. The highest BCUT2D eigenvalue weighted by Gasteiger charge is 2.17. The van der Waals surface area contributed by atoms with Crippen molar-refractivity contribution in [3.05, 3.63) is 29.3 Å². The molecule has 1 unspecified atom stereocenters. The van der Waals surface area contributed by atoms with Gasteiger partial charge in [0.2, 0.25) is 0 Å². The molecular weight excluding hydrogens is 270 g/mol. The Morgan fingerprint density at radius 3 is 2.86 bits per heavy atom. The highest BCUT2D eigenvalue weighted by molar-refractivity contribution is 5.77. The summed E-state index contributed by atoms with van der Waals surface area (Å²) < 4.78 is 10.8. The van der Waals surface area contributed by atoms with Crippen molar-refractivity contribution in [1.29, 1.82) is 0 Å². The summed E-state index contributed by atoms with van der Waals surface area (Å²) in [7, 11) is 0. The first-order valence-corrected chi connectivity index (χ1v) is 7.35. The first kappa shape index (κ1) is 15.8. The first-order valence-electron chi connectivity index (χ1n) is 7.35. The lowest BCUT2D eigenvalue weighted by atomic mass is 10.1. The molecule has 1 amide bonds. The zero-order valence-corrected chi connectivity index (χ0v) is 12.6. The number of rotatable bonds is 5. The van der Waals surface area contributed by atoms with Crippen LogP contribution >= 0.6 is 0 Å². The molecule has 1 aromatic rings. The van der Waals surface area contributed by atoms with Crippen molar-refractivity contribution in [3.63, 3.8) is 0 Å². The van der Waals surface area contributed by atoms with Crippen LogP contribution in [0.4, 0.5) is 0 Å². The van der Waals surface area contributed by atoms with Gasteiger partial charge in [0.15, 0.2) is 6.61 Å². The smallest absolute Gasteiger partial charge is 0.258 e. The van der Waals surface area contributed by atoms with Crippen molar-refractivity contribution in [2.45, 2.75) is 38.8 Å². The lowest BCUT2D eigenvalue weighted by Gasteiger charge is -2.23. The molecule has 2 N–H and O–H groups in total. The maximum Gasteiger partial charge on any atom is 0.258 e. The van der Waals surface area contributed by atoms with E-state index in [1.54, 1.807) is 13.0 Å². The summed E-state index contributed by atoms with van der Waals surface area (Å²) in [6.07, 6.45) is 1.06. The number of aliphatic hydroxyl groups excluding tert-OH is 1. The Kier molecular flexibility index (Phi) is 5.59. The second-order valence-electron chi connectivity index (χ2n) is 5.46. The van der Waals surface area contributed by atoms with Gasteiger partial charge in [-0.05, 0) is 38.8 Å². The minimum atomic E-state index is -0.626. The van der Waals surface area contributed by atoms with Gasteiger partial charge in [0.05, 0.1) is 6.10 Å². The van der Waals surface area contributed by atoms with Crippen LogP contribution in [0.5, 0.6) is 5.75 Å². The monoisotopic (exact) mass is 293 g/mol. The third-order valence-corrected chi connectivity index (χ3v) is 3.56. The lowest BCUT2D eigenvalue weighted by molar-refractivity contribution is -0.124. The number of carbonyl (C=O) groups excluding carboxylic acids is 1. The van der Waals surface area contributed by atoms with Gasteiger partial charge in [-0.3, -0.25) is 4.79 Å². The van der Waals surface area contributed by atoms with Crippen LogP contribution in [0.2, 0.25) is 0 Å². The van der Waals surface area contributed by atoms with E-state index < -0.39 is 6.10 Å². The maximum atomic E-state index is 11.9. The fourth-order valence-corrected chi connectivity index (χ4v) is 2.38. The van der Waals surface area contributed by atoms with Gasteiger partial charge in [-0.25, -0.2) is 0 Å². The van der Waals surface area contributed by atoms with Gasteiger partial charge in [-0.1, -0.05) is 11.6 Å². The standard InChI is InChI=1S/C16H23NO4/c1-11-3-4-15(14(9-11)12(2)18)21-10-16(19)17-13-5-7-20-8-6-13/h3-4,9,12-13,18H,5-8,10H2,1-2H3,(H,17,19). The summed E-state index contributed by atoms with van der Waals surface area (Å²) in [6, 6.07) is 5.73. The Hall–Kier alpha value is -1.59. The zero-order valence-electron chi connectivity index (χ0n) is 12.6. The molecule has 0 spiro atoms. The third-order valence-electron chi connectivity index (χ3n) is 3.56. The number of carbonyl (C=O) groups is 1. The Balaban J connectivity index is 1.88. The van der Waals surface area contributed by atoms with Gasteiger partial charge in [0.25, 0.3) is 5.91 Å². The molecule has 116 valence electrons. The molecule has 1 heterocycles. The van der Waals surface area contributed by atoms with E-state index in [1.807, 2.05) is 19.1 Å². The Bertz CT molecular complexity index is 481. The van der Waals surface area contributed by atoms with E-state index in [-0.39, 0.29) is 18.6 Å². The molecule has 1 fully saturated rings. The molecule has 0 aliphatic carbocycles. The van der Waals surface area contributed by atoms with Gasteiger partial charge >= 0.3 is 0 Å². The largest absolute Gasteiger partial charge is 0.483 e. The number of hydrogen-bond acceptors (Lipinski definition) is 4. The van der Waals surface area contributed by atoms with Crippen LogP contribution < -0.4 is 10.1 Å². The van der Waals surface area contributed by atoms with Gasteiger partial charge in [-0.15, -0.1) is 0 Å². The zero-order chi connectivity index (χ0) is 15.2. The predicted octanol–water partition coefficient (Wildman–Crippen LogP) is 1.72. The normalized spacial score (nSPS) is 17.3. The average Bonchev–Trinajstić information content (AvgIpc) is 2.47. The van der Waals surface area contributed by atoms with E-state index in [9.17, 15) is 9.90 Å². The lowest BCUT2D eigenvalue weighted by Crippen LogP contribution is -2.41. The minimum absolute atomic E-state index is 0.0415. The van der Waals surface area contributed by atoms with Crippen LogP contribution in [0.1, 0.15) is 37.0 Å². The fraction of sp³-hybridized carbons (Fsp3) is 0.562. The number of benzene rings is 1. The quantitative estimate of drug-likeness (QED) is 0.867. The van der Waals surface area contributed by atoms with Crippen molar-refractivity contribution in [3.8, 4) is 5.75 Å². The van der Waals surface area contributed by atoms with Gasteiger partial charge < -0.3 is 19.9 Å². The van der Waals surface area contributed by atoms with E-state index in [4.69, 9.17) is 9.47 Å². The highest BCUT2D eigenvalue weighted by Crippen LogP contribution is 2.26. The van der Waals surface area contributed by atoms with Crippen LogP contribution in [-0.4, -0.2) is 36.9 Å². The van der Waals surface area contributed by atoms with Crippen LogP contribution in [0.15, 0.2) is 18.2 Å². The van der Waals surface area contributed by atoms with Crippen LogP contribution in [0.3, 0.4) is 0 Å². The SMILES string of the molecule is Cc1ccc(OCC(=O)NC2CCOCC2)c(C(C)O)c1. The van der Waals surface area contributed by atoms with Crippen molar-refractivity contribution >= 4 is 5.91 Å². The molecule has 1 aliphatic rings. The maximum absolute atomic E-state index is 11.9. The number of aliphatic hydroxyl groups is 1. The molecule has 1 aromatic carbocycles. The first-order chi connectivity index (χ1) is 10.1. The molecule has 1 aliphatic heterocycles. The molecule has 0 saturated carbocycles. The van der Waals surface area contributed by atoms with Crippen LogP contribution in [0, 0.1) is 6.92 Å². The molecular formula is C16H23NO4. The minimum Gasteiger partial charge on any atom is -0.483 e. The predicted molar refractivity (Wildman–Crippen MR) is 79.3 cm³/mol. The Morgan fingerprint density at radius 1 is 1.48 bits per heavy atom. The summed E-state index contributed by atoms with van der Waals surface area (Å²) in [5.74, 6) is 0.414. The fourth-order valence-electron chi connectivity index (χ4n) is 2.38.